The minimum absolute atomic E-state index is 0.176. The van der Waals surface area contributed by atoms with E-state index in [0.29, 0.717) is 11.4 Å². The molecule has 0 N–H and O–H groups in total. The Morgan fingerprint density at radius 2 is 2.27 bits per heavy atom. The lowest BCUT2D eigenvalue weighted by Crippen LogP contribution is -2.27. The summed E-state index contributed by atoms with van der Waals surface area (Å²) >= 11 is 2.56. The zero-order valence-corrected chi connectivity index (χ0v) is 9.73. The number of hydrogen-bond donors (Lipinski definition) is 0. The van der Waals surface area contributed by atoms with Gasteiger partial charge in [-0.15, -0.1) is 11.3 Å². The third kappa shape index (κ3) is 1.98. The van der Waals surface area contributed by atoms with Crippen molar-refractivity contribution in [3.8, 4) is 0 Å². The van der Waals surface area contributed by atoms with Gasteiger partial charge in [-0.1, -0.05) is 6.07 Å². The molecule has 1 fully saturated rings. The molecule has 2 amide bonds. The topological polar surface area (TPSA) is 37.4 Å². The van der Waals surface area contributed by atoms with Gasteiger partial charge in [-0.2, -0.15) is 0 Å². The largest absolute Gasteiger partial charge is 0.293 e. The van der Waals surface area contributed by atoms with Crippen molar-refractivity contribution in [1.29, 1.82) is 0 Å². The van der Waals surface area contributed by atoms with E-state index in [-0.39, 0.29) is 11.1 Å². The van der Waals surface area contributed by atoms with E-state index in [1.165, 1.54) is 4.90 Å². The van der Waals surface area contributed by atoms with Crippen molar-refractivity contribution in [2.24, 2.45) is 0 Å². The molecule has 0 radical (unpaired) electrons. The third-order valence-corrected chi connectivity index (χ3v) is 3.73. The molecule has 1 aromatic heterocycles. The van der Waals surface area contributed by atoms with Crippen molar-refractivity contribution >= 4 is 40.3 Å². The quantitative estimate of drug-likeness (QED) is 0.745. The molecule has 1 saturated heterocycles. The van der Waals surface area contributed by atoms with E-state index in [9.17, 15) is 9.59 Å². The molecule has 0 unspecified atom stereocenters. The highest BCUT2D eigenvalue weighted by Crippen LogP contribution is 2.32. The van der Waals surface area contributed by atoms with Crippen LogP contribution in [0.1, 0.15) is 11.8 Å². The predicted octanol–water partition coefficient (Wildman–Crippen LogP) is 2.80. The van der Waals surface area contributed by atoms with E-state index in [1.807, 2.05) is 17.5 Å². The number of nitrogens with zero attached hydrogens (tertiary/aromatic N) is 1. The van der Waals surface area contributed by atoms with Crippen molar-refractivity contribution in [1.82, 2.24) is 4.90 Å². The molecule has 0 spiro atoms. The fourth-order valence-corrected chi connectivity index (χ4v) is 2.90. The molecule has 0 saturated carbocycles. The van der Waals surface area contributed by atoms with Crippen molar-refractivity contribution < 1.29 is 9.59 Å². The molecule has 0 aromatic carbocycles. The van der Waals surface area contributed by atoms with Crippen LogP contribution in [0.3, 0.4) is 0 Å². The lowest BCUT2D eigenvalue weighted by molar-refractivity contribution is -0.122. The maximum atomic E-state index is 11.7. The number of likely N-dealkylation sites (N-methyl/N-ethyl adjacent to an activating group) is 1. The Morgan fingerprint density at radius 3 is 2.80 bits per heavy atom. The summed E-state index contributed by atoms with van der Waals surface area (Å²) in [6.45, 7) is 2.23. The summed E-state index contributed by atoms with van der Waals surface area (Å²) in [6, 6.07) is 3.84. The van der Waals surface area contributed by atoms with Crippen LogP contribution >= 0.6 is 23.1 Å². The molecule has 2 heterocycles. The van der Waals surface area contributed by atoms with E-state index < -0.39 is 0 Å². The van der Waals surface area contributed by atoms with Gasteiger partial charge in [0, 0.05) is 11.4 Å². The number of thioether (sulfide) groups is 1. The average Bonchev–Trinajstić information content (AvgIpc) is 2.78. The Morgan fingerprint density at radius 1 is 1.47 bits per heavy atom. The number of hydrogen-bond acceptors (Lipinski definition) is 4. The van der Waals surface area contributed by atoms with Gasteiger partial charge in [0.1, 0.15) is 0 Å². The first-order valence-corrected chi connectivity index (χ1v) is 6.21. The van der Waals surface area contributed by atoms with Crippen molar-refractivity contribution in [3.63, 3.8) is 0 Å². The Hall–Kier alpha value is -1.07. The zero-order valence-electron chi connectivity index (χ0n) is 8.10. The minimum Gasteiger partial charge on any atom is -0.269 e. The van der Waals surface area contributed by atoms with Gasteiger partial charge in [0.2, 0.25) is 0 Å². The molecule has 0 aliphatic carbocycles. The van der Waals surface area contributed by atoms with Crippen LogP contribution in [0.2, 0.25) is 0 Å². The summed E-state index contributed by atoms with van der Waals surface area (Å²) in [7, 11) is 0. The first kappa shape index (κ1) is 10.4. The van der Waals surface area contributed by atoms with E-state index in [4.69, 9.17) is 0 Å². The summed E-state index contributed by atoms with van der Waals surface area (Å²) in [5.41, 5.74) is 0. The smallest absolute Gasteiger partial charge is 0.269 e. The maximum absolute atomic E-state index is 11.7. The van der Waals surface area contributed by atoms with Crippen LogP contribution in [0.25, 0.3) is 6.08 Å². The van der Waals surface area contributed by atoms with Gasteiger partial charge < -0.3 is 0 Å². The molecule has 0 bridgehead atoms. The second-order valence-corrected chi connectivity index (χ2v) is 4.91. The van der Waals surface area contributed by atoms with Crippen LogP contribution in [0.5, 0.6) is 0 Å². The van der Waals surface area contributed by atoms with Crippen LogP contribution in [-0.2, 0) is 4.79 Å². The summed E-state index contributed by atoms with van der Waals surface area (Å²) < 4.78 is 0. The number of carbonyl (C=O) groups excluding carboxylic acids is 2. The van der Waals surface area contributed by atoms with Crippen LogP contribution in [0.15, 0.2) is 22.4 Å². The van der Waals surface area contributed by atoms with Gasteiger partial charge in [-0.3, -0.25) is 14.5 Å². The summed E-state index contributed by atoms with van der Waals surface area (Å²) in [5.74, 6) is -0.180. The maximum Gasteiger partial charge on any atom is 0.293 e. The number of thiophene rings is 1. The minimum atomic E-state index is -0.180. The Bertz CT molecular complexity index is 423. The first-order chi connectivity index (χ1) is 7.22. The molecule has 1 aliphatic heterocycles. The molecule has 78 valence electrons. The third-order valence-electron chi connectivity index (χ3n) is 2.01. The molecule has 1 aromatic rings. The predicted molar refractivity (Wildman–Crippen MR) is 62.7 cm³/mol. The molecule has 0 atom stereocenters. The SMILES string of the molecule is CCN1C(=O)S/C(=C\c2cccs2)C1=O. The van der Waals surface area contributed by atoms with E-state index in [1.54, 1.807) is 24.3 Å². The average molecular weight is 239 g/mol. The second kappa shape index (κ2) is 4.20. The van der Waals surface area contributed by atoms with Gasteiger partial charge >= 0.3 is 0 Å². The Balaban J connectivity index is 2.26. The van der Waals surface area contributed by atoms with Gasteiger partial charge in [-0.05, 0) is 36.2 Å². The molecular formula is C10H9NO2S2. The summed E-state index contributed by atoms with van der Waals surface area (Å²) in [4.78, 5) is 25.8. The molecule has 5 heteroatoms. The van der Waals surface area contributed by atoms with Crippen LogP contribution in [-0.4, -0.2) is 22.6 Å². The van der Waals surface area contributed by atoms with Crippen LogP contribution in [0, 0.1) is 0 Å². The molecule has 3 nitrogen and oxygen atoms in total. The lowest BCUT2D eigenvalue weighted by atomic mass is 10.4. The Labute approximate surface area is 95.8 Å². The number of imide groups is 1. The summed E-state index contributed by atoms with van der Waals surface area (Å²) in [5, 5.41) is 1.76. The highest BCUT2D eigenvalue weighted by Gasteiger charge is 2.33. The molecule has 15 heavy (non-hydrogen) atoms. The summed E-state index contributed by atoms with van der Waals surface area (Å²) in [6.07, 6.45) is 1.77. The zero-order chi connectivity index (χ0) is 10.8. The van der Waals surface area contributed by atoms with E-state index in [0.717, 1.165) is 16.6 Å². The number of amides is 2. The highest BCUT2D eigenvalue weighted by atomic mass is 32.2. The standard InChI is InChI=1S/C10H9NO2S2/c1-2-11-9(12)8(15-10(11)13)6-7-4-3-5-14-7/h3-6H,2H2,1H3/b8-6-. The van der Waals surface area contributed by atoms with Crippen LogP contribution in [0.4, 0.5) is 4.79 Å². The molecular weight excluding hydrogens is 230 g/mol. The van der Waals surface area contributed by atoms with Gasteiger partial charge in [0.25, 0.3) is 11.1 Å². The van der Waals surface area contributed by atoms with Crippen molar-refractivity contribution in [2.75, 3.05) is 6.54 Å². The van der Waals surface area contributed by atoms with Crippen molar-refractivity contribution in [2.45, 2.75) is 6.92 Å². The fraction of sp³-hybridized carbons (Fsp3) is 0.200. The Kier molecular flexibility index (Phi) is 2.93. The van der Waals surface area contributed by atoms with E-state index in [2.05, 4.69) is 0 Å². The lowest BCUT2D eigenvalue weighted by Gasteiger charge is -2.06. The number of rotatable bonds is 2. The van der Waals surface area contributed by atoms with Gasteiger partial charge in [0.15, 0.2) is 0 Å². The van der Waals surface area contributed by atoms with Gasteiger partial charge in [-0.25, -0.2) is 0 Å². The highest BCUT2D eigenvalue weighted by molar-refractivity contribution is 8.18. The van der Waals surface area contributed by atoms with E-state index >= 15 is 0 Å². The van der Waals surface area contributed by atoms with Crippen LogP contribution < -0.4 is 0 Å². The number of carbonyl (C=O) groups is 2. The first-order valence-electron chi connectivity index (χ1n) is 4.51. The molecule has 2 rings (SSSR count). The normalized spacial score (nSPS) is 19.3. The second-order valence-electron chi connectivity index (χ2n) is 2.94. The van der Waals surface area contributed by atoms with Gasteiger partial charge in [0.05, 0.1) is 4.91 Å². The monoisotopic (exact) mass is 239 g/mol. The van der Waals surface area contributed by atoms with Crippen molar-refractivity contribution in [3.05, 3.63) is 27.3 Å². The fourth-order valence-electron chi connectivity index (χ4n) is 1.28. The molecule has 1 aliphatic rings.